The fourth-order valence-electron chi connectivity index (χ4n) is 7.92. The second kappa shape index (κ2) is 32.5. The normalized spacial score (nSPS) is 22.1. The third kappa shape index (κ3) is 18.4. The van der Waals surface area contributed by atoms with E-state index >= 15 is 0 Å². The number of likely N-dealkylation sites (N-methyl/N-ethyl adjacent to an activating group) is 1. The lowest BCUT2D eigenvalue weighted by molar-refractivity contribution is 0.200. The first kappa shape index (κ1) is 51.6. The van der Waals surface area contributed by atoms with Crippen molar-refractivity contribution in [3.05, 3.63) is 63.3 Å². The van der Waals surface area contributed by atoms with E-state index < -0.39 is 0 Å². The molecular formula is C41H78N6S6. The van der Waals surface area contributed by atoms with Crippen LogP contribution in [0, 0.1) is 0 Å². The van der Waals surface area contributed by atoms with E-state index in [1.807, 2.05) is 30.4 Å². The van der Waals surface area contributed by atoms with Gasteiger partial charge in [0.15, 0.2) is 0 Å². The summed E-state index contributed by atoms with van der Waals surface area (Å²) >= 11 is 26.9. The van der Waals surface area contributed by atoms with E-state index in [0.717, 1.165) is 152 Å². The van der Waals surface area contributed by atoms with Gasteiger partial charge in [-0.25, -0.2) is 0 Å². The van der Waals surface area contributed by atoms with Gasteiger partial charge in [0, 0.05) is 69.0 Å². The second-order valence-electron chi connectivity index (χ2n) is 14.0. The summed E-state index contributed by atoms with van der Waals surface area (Å²) in [4.78, 5) is 15.6. The quantitative estimate of drug-likeness (QED) is 0.0307. The Hall–Kier alpha value is 0.560. The number of hydrogen-bond acceptors (Lipinski definition) is 12. The highest BCUT2D eigenvalue weighted by Gasteiger charge is 2.59. The molecule has 0 radical (unpaired) electrons. The van der Waals surface area contributed by atoms with E-state index in [2.05, 4.69) is 145 Å². The zero-order valence-electron chi connectivity index (χ0n) is 33.2. The average molecular weight is 848 g/mol. The van der Waals surface area contributed by atoms with Crippen LogP contribution in [0.25, 0.3) is 0 Å². The van der Waals surface area contributed by atoms with Crippen molar-refractivity contribution in [1.82, 2.24) is 29.4 Å². The van der Waals surface area contributed by atoms with Crippen LogP contribution >= 0.6 is 75.8 Å². The SMILES string of the molecule is C=CCN(CC)C1C(N(CC=C)CC=C)C1N(CC=C)CC=C.SCCCN(CCCS)C1C(N(CCCS)CCCS)C1N(CCCS)CCCS. The van der Waals surface area contributed by atoms with Crippen LogP contribution in [0.4, 0.5) is 0 Å². The van der Waals surface area contributed by atoms with Crippen LogP contribution in [-0.2, 0) is 0 Å². The van der Waals surface area contributed by atoms with Gasteiger partial charge in [-0.3, -0.25) is 29.4 Å². The first-order chi connectivity index (χ1) is 25.9. The first-order valence-corrected chi connectivity index (χ1v) is 23.8. The molecule has 0 N–H and O–H groups in total. The Morgan fingerprint density at radius 3 is 0.717 bits per heavy atom. The summed E-state index contributed by atoms with van der Waals surface area (Å²) < 4.78 is 0. The molecule has 2 fully saturated rings. The maximum Gasteiger partial charge on any atom is 0.0445 e. The zero-order valence-corrected chi connectivity index (χ0v) is 38.6. The third-order valence-electron chi connectivity index (χ3n) is 10.2. The van der Waals surface area contributed by atoms with Gasteiger partial charge in [0.1, 0.15) is 0 Å². The van der Waals surface area contributed by atoms with Crippen molar-refractivity contribution < 1.29 is 0 Å². The minimum absolute atomic E-state index is 0.478. The molecule has 6 nitrogen and oxygen atoms in total. The van der Waals surface area contributed by atoms with Gasteiger partial charge in [-0.15, -0.1) is 32.9 Å². The molecule has 0 aromatic heterocycles. The monoisotopic (exact) mass is 846 g/mol. The molecule has 0 aliphatic heterocycles. The molecule has 0 spiro atoms. The summed E-state index contributed by atoms with van der Waals surface area (Å²) in [6.07, 6.45) is 16.8. The third-order valence-corrected chi connectivity index (χ3v) is 12.1. The van der Waals surface area contributed by atoms with E-state index in [4.69, 9.17) is 0 Å². The molecule has 0 aromatic carbocycles. The first-order valence-electron chi connectivity index (χ1n) is 20.0. The Bertz CT molecular complexity index is 840. The molecule has 2 aliphatic carbocycles. The Morgan fingerprint density at radius 2 is 0.528 bits per heavy atom. The Labute approximate surface area is 360 Å². The summed E-state index contributed by atoms with van der Waals surface area (Å²) in [5, 5.41) is 0. The van der Waals surface area contributed by atoms with Crippen molar-refractivity contribution in [3.8, 4) is 0 Å². The maximum atomic E-state index is 4.49. The molecule has 0 aromatic rings. The van der Waals surface area contributed by atoms with Crippen LogP contribution in [0.15, 0.2) is 63.3 Å². The van der Waals surface area contributed by atoms with Gasteiger partial charge in [0.2, 0.25) is 0 Å². The molecule has 0 bridgehead atoms. The van der Waals surface area contributed by atoms with E-state index in [1.54, 1.807) is 0 Å². The minimum Gasteiger partial charge on any atom is -0.297 e. The van der Waals surface area contributed by atoms with Crippen LogP contribution in [0.5, 0.6) is 0 Å². The van der Waals surface area contributed by atoms with Crippen molar-refractivity contribution in [2.75, 3.05) is 113 Å². The van der Waals surface area contributed by atoms with Gasteiger partial charge in [-0.2, -0.15) is 75.8 Å². The summed E-state index contributed by atoms with van der Waals surface area (Å²) in [5.41, 5.74) is 0. The zero-order chi connectivity index (χ0) is 39.4. The summed E-state index contributed by atoms with van der Waals surface area (Å²) in [7, 11) is 0. The number of thiol groups is 6. The number of rotatable bonds is 35. The van der Waals surface area contributed by atoms with Crippen LogP contribution < -0.4 is 0 Å². The molecule has 2 saturated carbocycles. The van der Waals surface area contributed by atoms with Gasteiger partial charge in [-0.1, -0.05) is 37.3 Å². The van der Waals surface area contributed by atoms with Crippen LogP contribution in [0.3, 0.4) is 0 Å². The van der Waals surface area contributed by atoms with Gasteiger partial charge in [-0.05, 0) is 119 Å². The molecule has 53 heavy (non-hydrogen) atoms. The molecule has 2 atom stereocenters. The molecular weight excluding hydrogens is 769 g/mol. The molecule has 0 amide bonds. The molecule has 12 heteroatoms. The van der Waals surface area contributed by atoms with Crippen molar-refractivity contribution in [1.29, 1.82) is 0 Å². The van der Waals surface area contributed by atoms with Gasteiger partial charge in [0.05, 0.1) is 0 Å². The van der Waals surface area contributed by atoms with E-state index in [0.29, 0.717) is 36.3 Å². The Balaban J connectivity index is 0.000000549. The Kier molecular flexibility index (Phi) is 31.6. The molecule has 2 unspecified atom stereocenters. The van der Waals surface area contributed by atoms with Crippen molar-refractivity contribution in [3.63, 3.8) is 0 Å². The predicted octanol–water partition coefficient (Wildman–Crippen LogP) is 6.89. The van der Waals surface area contributed by atoms with E-state index in [1.165, 1.54) is 0 Å². The fraction of sp³-hybridized carbons (Fsp3) is 0.756. The fourth-order valence-corrected chi connectivity index (χ4v) is 8.77. The van der Waals surface area contributed by atoms with Crippen molar-refractivity contribution >= 4 is 75.8 Å². The Morgan fingerprint density at radius 1 is 0.340 bits per heavy atom. The summed E-state index contributed by atoms with van der Waals surface area (Å²) in [6, 6.07) is 3.26. The number of hydrogen-bond donors (Lipinski definition) is 6. The summed E-state index contributed by atoms with van der Waals surface area (Å²) in [5.74, 6) is 5.70. The smallest absolute Gasteiger partial charge is 0.0445 e. The standard InChI is InChI=1S/C21H45N3S6.C20H33N3/c25-13-1-7-22(8-2-14-26)19-20(23(9-3-15-27)10-4-16-28)21(19)24(11-5-17-29)12-6-18-30;1-7-13-21(12-6)18-19(22(14-8-2)15-9-3)20(18)23(16-10-4)17-11-5/h19-21,25-30H,1-18H2;7-11,18-20H,1-5,12-17H2,6H3. The van der Waals surface area contributed by atoms with E-state index in [9.17, 15) is 0 Å². The molecule has 308 valence electrons. The van der Waals surface area contributed by atoms with Crippen molar-refractivity contribution in [2.45, 2.75) is 81.7 Å². The average Bonchev–Trinajstić information content (AvgIpc) is 4.08. The minimum atomic E-state index is 0.478. The highest BCUT2D eigenvalue weighted by Crippen LogP contribution is 2.40. The molecule has 2 aliphatic rings. The van der Waals surface area contributed by atoms with Crippen LogP contribution in [-0.4, -0.2) is 179 Å². The maximum absolute atomic E-state index is 4.49. The van der Waals surface area contributed by atoms with Crippen LogP contribution in [0.2, 0.25) is 0 Å². The predicted molar refractivity (Wildman–Crippen MR) is 260 cm³/mol. The largest absolute Gasteiger partial charge is 0.297 e. The molecule has 2 rings (SSSR count). The molecule has 0 saturated heterocycles. The molecule has 0 heterocycles. The van der Waals surface area contributed by atoms with Crippen LogP contribution in [0.1, 0.15) is 45.4 Å². The highest BCUT2D eigenvalue weighted by atomic mass is 32.1. The second-order valence-corrected chi connectivity index (χ2v) is 16.6. The van der Waals surface area contributed by atoms with E-state index in [-0.39, 0.29) is 0 Å². The number of nitrogens with zero attached hydrogens (tertiary/aromatic N) is 6. The topological polar surface area (TPSA) is 19.4 Å². The van der Waals surface area contributed by atoms with Gasteiger partial charge in [0.25, 0.3) is 0 Å². The van der Waals surface area contributed by atoms with Crippen molar-refractivity contribution in [2.24, 2.45) is 0 Å². The highest BCUT2D eigenvalue weighted by molar-refractivity contribution is 7.81. The van der Waals surface area contributed by atoms with Gasteiger partial charge >= 0.3 is 0 Å². The van der Waals surface area contributed by atoms with Gasteiger partial charge < -0.3 is 0 Å². The lowest BCUT2D eigenvalue weighted by Crippen LogP contribution is -2.37. The lowest BCUT2D eigenvalue weighted by Gasteiger charge is -2.26. The lowest BCUT2D eigenvalue weighted by atomic mass is 10.3. The summed E-state index contributed by atoms with van der Waals surface area (Å²) in [6.45, 7) is 34.0.